The SMILES string of the molecule is CCCc1ccc(OC)c(-c2csc(NC(=O)NN3CCN(CCN(C)C)CC3)n2)c1. The Balaban J connectivity index is 1.53. The Kier molecular flexibility index (Phi) is 8.65. The first-order valence-electron chi connectivity index (χ1n) is 10.8. The summed E-state index contributed by atoms with van der Waals surface area (Å²) in [6.45, 7) is 7.78. The number of hydrogen-bond donors (Lipinski definition) is 2. The van der Waals surface area contributed by atoms with E-state index >= 15 is 0 Å². The lowest BCUT2D eigenvalue weighted by Gasteiger charge is -2.34. The summed E-state index contributed by atoms with van der Waals surface area (Å²) in [5, 5.41) is 7.35. The van der Waals surface area contributed by atoms with E-state index in [1.807, 2.05) is 16.5 Å². The number of hydrazine groups is 1. The molecule has 1 aliphatic rings. The lowest BCUT2D eigenvalue weighted by Crippen LogP contribution is -2.55. The van der Waals surface area contributed by atoms with Gasteiger partial charge in [-0.05, 0) is 38.2 Å². The largest absolute Gasteiger partial charge is 0.496 e. The molecule has 3 rings (SSSR count). The van der Waals surface area contributed by atoms with Crippen LogP contribution in [0, 0.1) is 0 Å². The third kappa shape index (κ3) is 6.90. The number of nitrogens with zero attached hydrogens (tertiary/aromatic N) is 4. The van der Waals surface area contributed by atoms with Crippen LogP contribution in [-0.2, 0) is 6.42 Å². The number of urea groups is 1. The molecule has 2 aromatic rings. The summed E-state index contributed by atoms with van der Waals surface area (Å²) in [6, 6.07) is 5.94. The van der Waals surface area contributed by atoms with Crippen molar-refractivity contribution in [1.82, 2.24) is 25.2 Å². The number of piperazine rings is 1. The van der Waals surface area contributed by atoms with Crippen molar-refractivity contribution in [2.24, 2.45) is 0 Å². The second kappa shape index (κ2) is 11.4. The number of methoxy groups -OCH3 is 1. The molecule has 0 aliphatic carbocycles. The summed E-state index contributed by atoms with van der Waals surface area (Å²) in [5.74, 6) is 0.785. The Morgan fingerprint density at radius 3 is 2.71 bits per heavy atom. The van der Waals surface area contributed by atoms with Gasteiger partial charge in [0.05, 0.1) is 12.8 Å². The Morgan fingerprint density at radius 1 is 1.26 bits per heavy atom. The van der Waals surface area contributed by atoms with Gasteiger partial charge in [0, 0.05) is 50.2 Å². The molecule has 31 heavy (non-hydrogen) atoms. The second-order valence-corrected chi connectivity index (χ2v) is 8.88. The maximum absolute atomic E-state index is 12.4. The predicted octanol–water partition coefficient (Wildman–Crippen LogP) is 2.99. The average molecular weight is 447 g/mol. The zero-order chi connectivity index (χ0) is 22.2. The van der Waals surface area contributed by atoms with Crippen LogP contribution in [0.1, 0.15) is 18.9 Å². The van der Waals surface area contributed by atoms with E-state index in [4.69, 9.17) is 4.74 Å². The van der Waals surface area contributed by atoms with E-state index in [2.05, 4.69) is 58.7 Å². The molecule has 8 nitrogen and oxygen atoms in total. The summed E-state index contributed by atoms with van der Waals surface area (Å²) in [4.78, 5) is 21.7. The van der Waals surface area contributed by atoms with Gasteiger partial charge in [-0.3, -0.25) is 15.6 Å². The topological polar surface area (TPSA) is 73.0 Å². The first kappa shape index (κ1) is 23.5. The van der Waals surface area contributed by atoms with Crippen molar-refractivity contribution in [3.8, 4) is 17.0 Å². The van der Waals surface area contributed by atoms with E-state index in [9.17, 15) is 4.79 Å². The van der Waals surface area contributed by atoms with Gasteiger partial charge in [-0.2, -0.15) is 0 Å². The fourth-order valence-corrected chi connectivity index (χ4v) is 4.25. The fourth-order valence-electron chi connectivity index (χ4n) is 3.55. The fraction of sp³-hybridized carbons (Fsp3) is 0.545. The van der Waals surface area contributed by atoms with Crippen LogP contribution in [0.4, 0.5) is 9.93 Å². The standard InChI is InChI=1S/C22H34N6O2S/c1-5-6-17-7-8-20(30-4)18(15-17)19-16-31-22(23-19)24-21(29)25-28-13-11-27(12-14-28)10-9-26(2)3/h7-8,15-16H,5-6,9-14H2,1-4H3,(H2,23,24,25,29). The summed E-state index contributed by atoms with van der Waals surface area (Å²) < 4.78 is 5.51. The molecule has 1 saturated heterocycles. The van der Waals surface area contributed by atoms with E-state index in [1.54, 1.807) is 7.11 Å². The molecule has 1 aromatic carbocycles. The molecule has 1 aromatic heterocycles. The summed E-state index contributed by atoms with van der Waals surface area (Å²) in [7, 11) is 5.84. The van der Waals surface area contributed by atoms with Crippen LogP contribution in [0.25, 0.3) is 11.3 Å². The zero-order valence-corrected chi connectivity index (χ0v) is 19.8. The minimum absolute atomic E-state index is 0.255. The average Bonchev–Trinajstić information content (AvgIpc) is 3.21. The van der Waals surface area contributed by atoms with Crippen molar-refractivity contribution in [3.05, 3.63) is 29.1 Å². The maximum atomic E-state index is 12.4. The van der Waals surface area contributed by atoms with Crippen LogP contribution in [0.5, 0.6) is 5.75 Å². The van der Waals surface area contributed by atoms with Crippen LogP contribution in [0.3, 0.4) is 0 Å². The maximum Gasteiger partial charge on any atom is 0.335 e. The first-order valence-corrected chi connectivity index (χ1v) is 11.7. The molecule has 0 unspecified atom stereocenters. The minimum atomic E-state index is -0.255. The predicted molar refractivity (Wildman–Crippen MR) is 127 cm³/mol. The van der Waals surface area contributed by atoms with Gasteiger partial charge < -0.3 is 9.64 Å². The summed E-state index contributed by atoms with van der Waals surface area (Å²) in [6.07, 6.45) is 2.09. The van der Waals surface area contributed by atoms with E-state index in [0.717, 1.165) is 69.1 Å². The number of carbonyl (C=O) groups is 1. The van der Waals surface area contributed by atoms with Gasteiger partial charge in [0.2, 0.25) is 0 Å². The Labute approximate surface area is 189 Å². The number of likely N-dealkylation sites (N-methyl/N-ethyl adjacent to an activating group) is 1. The number of thiazole rings is 1. The highest BCUT2D eigenvalue weighted by Crippen LogP contribution is 2.33. The van der Waals surface area contributed by atoms with Gasteiger partial charge in [0.25, 0.3) is 0 Å². The van der Waals surface area contributed by atoms with Gasteiger partial charge in [-0.25, -0.2) is 14.8 Å². The molecule has 2 N–H and O–H groups in total. The number of rotatable bonds is 9. The number of ether oxygens (including phenoxy) is 1. The number of aromatic nitrogens is 1. The van der Waals surface area contributed by atoms with Crippen LogP contribution >= 0.6 is 11.3 Å². The van der Waals surface area contributed by atoms with Gasteiger partial charge in [-0.15, -0.1) is 11.3 Å². The van der Waals surface area contributed by atoms with Crippen LogP contribution < -0.4 is 15.5 Å². The normalized spacial score (nSPS) is 15.3. The zero-order valence-electron chi connectivity index (χ0n) is 19.0. The first-order chi connectivity index (χ1) is 15.0. The van der Waals surface area contributed by atoms with E-state index < -0.39 is 0 Å². The van der Waals surface area contributed by atoms with Crippen molar-refractivity contribution in [3.63, 3.8) is 0 Å². The smallest absolute Gasteiger partial charge is 0.335 e. The molecule has 0 radical (unpaired) electrons. The monoisotopic (exact) mass is 446 g/mol. The Bertz CT molecular complexity index is 848. The molecule has 2 amide bonds. The third-order valence-corrected chi connectivity index (χ3v) is 6.06. The lowest BCUT2D eigenvalue weighted by molar-refractivity contribution is 0.0966. The van der Waals surface area contributed by atoms with Gasteiger partial charge in [0.15, 0.2) is 5.13 Å². The highest BCUT2D eigenvalue weighted by atomic mass is 32.1. The highest BCUT2D eigenvalue weighted by molar-refractivity contribution is 7.14. The molecule has 1 fully saturated rings. The van der Waals surface area contributed by atoms with E-state index in [-0.39, 0.29) is 6.03 Å². The lowest BCUT2D eigenvalue weighted by atomic mass is 10.0. The van der Waals surface area contributed by atoms with Crippen molar-refractivity contribution < 1.29 is 9.53 Å². The van der Waals surface area contributed by atoms with Crippen molar-refractivity contribution in [2.45, 2.75) is 19.8 Å². The number of aryl methyl sites for hydroxylation is 1. The van der Waals surface area contributed by atoms with Gasteiger partial charge in [0.1, 0.15) is 5.75 Å². The number of benzene rings is 1. The molecular formula is C22H34N6O2S. The summed E-state index contributed by atoms with van der Waals surface area (Å²) in [5.41, 5.74) is 5.95. The Morgan fingerprint density at radius 2 is 2.03 bits per heavy atom. The molecular weight excluding hydrogens is 412 g/mol. The van der Waals surface area contributed by atoms with Crippen molar-refractivity contribution in [2.75, 3.05) is 65.8 Å². The number of hydrogen-bond acceptors (Lipinski definition) is 7. The van der Waals surface area contributed by atoms with E-state index in [0.29, 0.717) is 5.13 Å². The van der Waals surface area contributed by atoms with E-state index in [1.165, 1.54) is 16.9 Å². The Hall–Kier alpha value is -2.20. The number of amides is 2. The molecule has 0 spiro atoms. The molecule has 0 atom stereocenters. The summed E-state index contributed by atoms with van der Waals surface area (Å²) >= 11 is 1.41. The molecule has 9 heteroatoms. The van der Waals surface area contributed by atoms with Crippen molar-refractivity contribution in [1.29, 1.82) is 0 Å². The molecule has 0 bridgehead atoms. The number of nitrogens with one attached hydrogen (secondary N) is 2. The second-order valence-electron chi connectivity index (χ2n) is 8.02. The van der Waals surface area contributed by atoms with Crippen LogP contribution in [0.15, 0.2) is 23.6 Å². The third-order valence-electron chi connectivity index (χ3n) is 5.30. The minimum Gasteiger partial charge on any atom is -0.496 e. The highest BCUT2D eigenvalue weighted by Gasteiger charge is 2.19. The molecule has 1 aliphatic heterocycles. The quantitative estimate of drug-likeness (QED) is 0.617. The molecule has 0 saturated carbocycles. The number of carbonyl (C=O) groups excluding carboxylic acids is 1. The van der Waals surface area contributed by atoms with Crippen LogP contribution in [0.2, 0.25) is 0 Å². The number of anilines is 1. The van der Waals surface area contributed by atoms with Gasteiger partial charge in [-0.1, -0.05) is 19.4 Å². The van der Waals surface area contributed by atoms with Gasteiger partial charge >= 0.3 is 6.03 Å². The molecule has 170 valence electrons. The van der Waals surface area contributed by atoms with Crippen LogP contribution in [-0.4, -0.2) is 86.3 Å². The van der Waals surface area contributed by atoms with Crippen molar-refractivity contribution >= 4 is 22.5 Å². The molecule has 2 heterocycles.